The third kappa shape index (κ3) is 1.48. The van der Waals surface area contributed by atoms with Crippen molar-refractivity contribution in [1.29, 1.82) is 0 Å². The SMILES string of the molecule is [3H]C(CC)C1CCOC1. The number of ether oxygens (including phenoxy) is 1. The second-order valence-electron chi connectivity index (χ2n) is 2.27. The van der Waals surface area contributed by atoms with E-state index in [1.54, 1.807) is 0 Å². The van der Waals surface area contributed by atoms with Crippen LogP contribution in [-0.2, 0) is 4.74 Å². The zero-order valence-corrected chi connectivity index (χ0v) is 5.39. The Hall–Kier alpha value is -0.0400. The van der Waals surface area contributed by atoms with Crippen molar-refractivity contribution in [2.75, 3.05) is 13.2 Å². The summed E-state index contributed by atoms with van der Waals surface area (Å²) in [6.45, 7) is 3.76. The van der Waals surface area contributed by atoms with Crippen LogP contribution in [0.5, 0.6) is 0 Å². The Labute approximate surface area is 52.4 Å². The van der Waals surface area contributed by atoms with Crippen molar-refractivity contribution in [2.24, 2.45) is 5.92 Å². The molecular weight excluding hydrogens is 100 g/mol. The van der Waals surface area contributed by atoms with Crippen molar-refractivity contribution in [2.45, 2.75) is 26.2 Å². The molecule has 2 unspecified atom stereocenters. The first-order valence-corrected chi connectivity index (χ1v) is 3.34. The Morgan fingerprint density at radius 2 is 2.75 bits per heavy atom. The molecule has 2 atom stereocenters. The van der Waals surface area contributed by atoms with Crippen molar-refractivity contribution in [3.8, 4) is 0 Å². The third-order valence-corrected chi connectivity index (χ3v) is 1.53. The fourth-order valence-electron chi connectivity index (χ4n) is 1.07. The molecule has 1 aliphatic heterocycles. The van der Waals surface area contributed by atoms with E-state index in [0.717, 1.165) is 26.1 Å². The standard InChI is InChI=1S/C7H14O/c1-2-3-7-4-5-8-6-7/h7H,2-6H2,1H3/i3T. The van der Waals surface area contributed by atoms with Gasteiger partial charge in [-0.2, -0.15) is 0 Å². The Morgan fingerprint density at radius 1 is 1.88 bits per heavy atom. The Kier molecular flexibility index (Phi) is 1.85. The lowest BCUT2D eigenvalue weighted by Crippen LogP contribution is -1.96. The summed E-state index contributed by atoms with van der Waals surface area (Å²) in [4.78, 5) is 0. The molecule has 8 heavy (non-hydrogen) atoms. The van der Waals surface area contributed by atoms with Gasteiger partial charge in [-0.1, -0.05) is 13.3 Å². The molecule has 1 aliphatic rings. The molecule has 0 radical (unpaired) electrons. The van der Waals surface area contributed by atoms with Gasteiger partial charge in [-0.25, -0.2) is 0 Å². The second kappa shape index (κ2) is 3.08. The van der Waals surface area contributed by atoms with Gasteiger partial charge in [0.1, 0.15) is 0 Å². The van der Waals surface area contributed by atoms with E-state index in [-0.39, 0.29) is 6.40 Å². The van der Waals surface area contributed by atoms with Crippen LogP contribution in [0.4, 0.5) is 0 Å². The molecule has 0 bridgehead atoms. The minimum absolute atomic E-state index is 0.118. The largest absolute Gasteiger partial charge is 0.381 e. The van der Waals surface area contributed by atoms with Crippen LogP contribution < -0.4 is 0 Å². The maximum atomic E-state index is 7.54. The molecule has 1 fully saturated rings. The highest BCUT2D eigenvalue weighted by atomic mass is 16.5. The molecule has 0 aromatic carbocycles. The number of hydrogen-bond donors (Lipinski definition) is 0. The first-order chi connectivity index (χ1) is 4.34. The topological polar surface area (TPSA) is 9.23 Å². The Balaban J connectivity index is 2.24. The molecule has 0 saturated carbocycles. The van der Waals surface area contributed by atoms with Gasteiger partial charge in [0.25, 0.3) is 0 Å². The molecule has 0 aromatic rings. The van der Waals surface area contributed by atoms with E-state index < -0.39 is 0 Å². The van der Waals surface area contributed by atoms with Crippen LogP contribution >= 0.6 is 0 Å². The monoisotopic (exact) mass is 116 g/mol. The van der Waals surface area contributed by atoms with Gasteiger partial charge in [-0.3, -0.25) is 0 Å². The third-order valence-electron chi connectivity index (χ3n) is 1.53. The van der Waals surface area contributed by atoms with Gasteiger partial charge in [-0.05, 0) is 18.7 Å². The summed E-state index contributed by atoms with van der Waals surface area (Å²) in [5.41, 5.74) is 0. The lowest BCUT2D eigenvalue weighted by atomic mass is 10.0. The summed E-state index contributed by atoms with van der Waals surface area (Å²) in [7, 11) is 0. The van der Waals surface area contributed by atoms with E-state index >= 15 is 0 Å². The highest BCUT2D eigenvalue weighted by molar-refractivity contribution is 4.62. The molecule has 0 aliphatic carbocycles. The van der Waals surface area contributed by atoms with Gasteiger partial charge in [-0.15, -0.1) is 0 Å². The molecule has 1 nitrogen and oxygen atoms in total. The zero-order chi connectivity index (χ0) is 6.69. The molecule has 1 saturated heterocycles. The van der Waals surface area contributed by atoms with E-state index in [9.17, 15) is 0 Å². The molecular formula is C7H14O. The summed E-state index contributed by atoms with van der Waals surface area (Å²) in [5, 5.41) is 0. The van der Waals surface area contributed by atoms with Crippen LogP contribution in [-0.4, -0.2) is 13.2 Å². The lowest BCUT2D eigenvalue weighted by Gasteiger charge is -2.01. The van der Waals surface area contributed by atoms with Crippen molar-refractivity contribution in [3.63, 3.8) is 0 Å². The van der Waals surface area contributed by atoms with E-state index in [2.05, 4.69) is 6.92 Å². The van der Waals surface area contributed by atoms with E-state index in [0.29, 0.717) is 5.92 Å². The zero-order valence-electron chi connectivity index (χ0n) is 6.39. The lowest BCUT2D eigenvalue weighted by molar-refractivity contribution is 0.184. The molecule has 48 valence electrons. The summed E-state index contributed by atoms with van der Waals surface area (Å²) >= 11 is 0. The Morgan fingerprint density at radius 3 is 3.25 bits per heavy atom. The average Bonchev–Trinajstić information content (AvgIpc) is 2.37. The van der Waals surface area contributed by atoms with E-state index in [1.807, 2.05) is 0 Å². The maximum Gasteiger partial charge on any atom is 0.0495 e. The maximum absolute atomic E-state index is 7.54. The molecule has 1 heterocycles. The summed E-state index contributed by atoms with van der Waals surface area (Å²) in [6, 6.07) is 0. The summed E-state index contributed by atoms with van der Waals surface area (Å²) in [5.74, 6) is 0.523. The van der Waals surface area contributed by atoms with Crippen molar-refractivity contribution in [3.05, 3.63) is 0 Å². The average molecular weight is 116 g/mol. The van der Waals surface area contributed by atoms with Gasteiger partial charge < -0.3 is 4.74 Å². The van der Waals surface area contributed by atoms with Crippen LogP contribution in [0, 0.1) is 5.92 Å². The van der Waals surface area contributed by atoms with Gasteiger partial charge in [0.15, 0.2) is 0 Å². The molecule has 1 rings (SSSR count). The highest BCUT2D eigenvalue weighted by Gasteiger charge is 2.13. The number of hydrogen-bond acceptors (Lipinski definition) is 1. The predicted molar refractivity (Wildman–Crippen MR) is 33.8 cm³/mol. The Bertz CT molecular complexity index is 79.0. The first-order valence-electron chi connectivity index (χ1n) is 3.92. The minimum atomic E-state index is 0.118. The molecule has 0 amide bonds. The quantitative estimate of drug-likeness (QED) is 0.534. The van der Waals surface area contributed by atoms with Crippen LogP contribution in [0.25, 0.3) is 0 Å². The molecule has 1 heteroatoms. The normalized spacial score (nSPS) is 34.6. The van der Waals surface area contributed by atoms with Crippen LogP contribution in [0.1, 0.15) is 27.5 Å². The van der Waals surface area contributed by atoms with Gasteiger partial charge in [0.05, 0.1) is 0 Å². The van der Waals surface area contributed by atoms with Crippen molar-refractivity contribution in [1.82, 2.24) is 0 Å². The van der Waals surface area contributed by atoms with E-state index in [1.165, 1.54) is 0 Å². The summed E-state index contributed by atoms with van der Waals surface area (Å²) < 4.78 is 12.7. The smallest absolute Gasteiger partial charge is 0.0495 e. The second-order valence-corrected chi connectivity index (χ2v) is 2.27. The molecule has 0 aromatic heterocycles. The van der Waals surface area contributed by atoms with Crippen molar-refractivity contribution >= 4 is 0 Å². The van der Waals surface area contributed by atoms with E-state index in [4.69, 9.17) is 6.11 Å². The fraction of sp³-hybridized carbons (Fsp3) is 1.00. The first kappa shape index (κ1) is 4.80. The molecule has 0 N–H and O–H groups in total. The number of rotatable bonds is 2. The summed E-state index contributed by atoms with van der Waals surface area (Å²) in [6.07, 6.45) is 2.18. The molecule has 0 spiro atoms. The van der Waals surface area contributed by atoms with Gasteiger partial charge >= 0.3 is 0 Å². The predicted octanol–water partition coefficient (Wildman–Crippen LogP) is 1.82. The fourth-order valence-corrected chi connectivity index (χ4v) is 1.07. The van der Waals surface area contributed by atoms with Crippen LogP contribution in [0.3, 0.4) is 0 Å². The van der Waals surface area contributed by atoms with Crippen LogP contribution in [0.15, 0.2) is 0 Å². The minimum Gasteiger partial charge on any atom is -0.381 e. The van der Waals surface area contributed by atoms with Gasteiger partial charge in [0, 0.05) is 14.6 Å². The van der Waals surface area contributed by atoms with Gasteiger partial charge in [0.2, 0.25) is 0 Å². The highest BCUT2D eigenvalue weighted by Crippen LogP contribution is 2.16. The van der Waals surface area contributed by atoms with Crippen LogP contribution in [0.2, 0.25) is 0 Å². The van der Waals surface area contributed by atoms with Crippen molar-refractivity contribution < 1.29 is 6.11 Å².